The van der Waals surface area contributed by atoms with E-state index in [1.54, 1.807) is 0 Å². The number of rotatable bonds is 8. The van der Waals surface area contributed by atoms with Crippen molar-refractivity contribution in [2.45, 2.75) is 25.8 Å². The second-order valence-electron chi connectivity index (χ2n) is 5.42. The van der Waals surface area contributed by atoms with E-state index in [0.29, 0.717) is 6.04 Å². The highest BCUT2D eigenvalue weighted by molar-refractivity contribution is 5.47. The molecule has 0 radical (unpaired) electrons. The van der Waals surface area contributed by atoms with Crippen molar-refractivity contribution in [3.8, 4) is 0 Å². The Labute approximate surface area is 118 Å². The second-order valence-corrected chi connectivity index (χ2v) is 5.42. The van der Waals surface area contributed by atoms with Gasteiger partial charge in [0, 0.05) is 25.3 Å². The first-order valence-corrected chi connectivity index (χ1v) is 7.21. The van der Waals surface area contributed by atoms with E-state index in [-0.39, 0.29) is 0 Å². The molecule has 1 N–H and O–H groups in total. The zero-order valence-electron chi connectivity index (χ0n) is 13.1. The average Bonchev–Trinajstić information content (AvgIpc) is 2.40. The van der Waals surface area contributed by atoms with Gasteiger partial charge >= 0.3 is 0 Å². The lowest BCUT2D eigenvalue weighted by Gasteiger charge is -2.22. The number of hydrogen-bond acceptors (Lipinski definition) is 3. The predicted molar refractivity (Wildman–Crippen MR) is 85.0 cm³/mol. The highest BCUT2D eigenvalue weighted by atomic mass is 15.1. The molecule has 1 unspecified atom stereocenters. The summed E-state index contributed by atoms with van der Waals surface area (Å²) in [6.07, 6.45) is 2.31. The standard InChI is InChI=1S/C16H29N3/c1-6-16(17-2)14-8-10-15(11-9-14)19(5)13-7-12-18(3)4/h8-11,16-17H,6-7,12-13H2,1-5H3. The van der Waals surface area contributed by atoms with Gasteiger partial charge in [0.25, 0.3) is 0 Å². The molecule has 1 aromatic carbocycles. The maximum atomic E-state index is 3.34. The van der Waals surface area contributed by atoms with Crippen LogP contribution in [0.5, 0.6) is 0 Å². The van der Waals surface area contributed by atoms with Crippen molar-refractivity contribution in [1.29, 1.82) is 0 Å². The molecule has 0 heterocycles. The number of anilines is 1. The Morgan fingerprint density at radius 3 is 2.16 bits per heavy atom. The minimum absolute atomic E-state index is 0.466. The quantitative estimate of drug-likeness (QED) is 0.778. The predicted octanol–water partition coefficient (Wildman–Crippen LogP) is 2.75. The van der Waals surface area contributed by atoms with Gasteiger partial charge in [-0.15, -0.1) is 0 Å². The summed E-state index contributed by atoms with van der Waals surface area (Å²) in [5.41, 5.74) is 2.67. The maximum Gasteiger partial charge on any atom is 0.0363 e. The van der Waals surface area contributed by atoms with Crippen molar-refractivity contribution in [2.24, 2.45) is 0 Å². The highest BCUT2D eigenvalue weighted by Crippen LogP contribution is 2.20. The van der Waals surface area contributed by atoms with E-state index in [2.05, 4.69) is 67.4 Å². The second kappa shape index (κ2) is 8.18. The molecule has 0 aromatic heterocycles. The van der Waals surface area contributed by atoms with Crippen LogP contribution in [0.3, 0.4) is 0 Å². The lowest BCUT2D eigenvalue weighted by atomic mass is 10.0. The normalized spacial score (nSPS) is 12.7. The molecule has 0 saturated heterocycles. The molecule has 0 spiro atoms. The number of benzene rings is 1. The van der Waals surface area contributed by atoms with Crippen LogP contribution in [0, 0.1) is 0 Å². The lowest BCUT2D eigenvalue weighted by molar-refractivity contribution is 0.401. The molecule has 108 valence electrons. The summed E-state index contributed by atoms with van der Waals surface area (Å²) < 4.78 is 0. The van der Waals surface area contributed by atoms with Gasteiger partial charge in [0.1, 0.15) is 0 Å². The first-order valence-electron chi connectivity index (χ1n) is 7.21. The molecule has 3 nitrogen and oxygen atoms in total. The smallest absolute Gasteiger partial charge is 0.0363 e. The zero-order valence-corrected chi connectivity index (χ0v) is 13.1. The van der Waals surface area contributed by atoms with Crippen LogP contribution in [0.4, 0.5) is 5.69 Å². The summed E-state index contributed by atoms with van der Waals surface area (Å²) in [5, 5.41) is 3.34. The minimum atomic E-state index is 0.466. The van der Waals surface area contributed by atoms with E-state index in [4.69, 9.17) is 0 Å². The van der Waals surface area contributed by atoms with Gasteiger partial charge in [0.05, 0.1) is 0 Å². The van der Waals surface area contributed by atoms with E-state index in [1.807, 2.05) is 7.05 Å². The molecule has 1 rings (SSSR count). The Morgan fingerprint density at radius 1 is 1.05 bits per heavy atom. The number of nitrogens with zero attached hydrogens (tertiary/aromatic N) is 2. The van der Waals surface area contributed by atoms with Crippen LogP contribution in [0.2, 0.25) is 0 Å². The highest BCUT2D eigenvalue weighted by Gasteiger charge is 2.07. The Morgan fingerprint density at radius 2 is 1.68 bits per heavy atom. The van der Waals surface area contributed by atoms with E-state index in [0.717, 1.165) is 19.5 Å². The van der Waals surface area contributed by atoms with E-state index < -0.39 is 0 Å². The zero-order chi connectivity index (χ0) is 14.3. The number of nitrogens with one attached hydrogen (secondary N) is 1. The molecular formula is C16H29N3. The molecule has 0 aliphatic carbocycles. The van der Waals surface area contributed by atoms with Crippen molar-refractivity contribution in [3.05, 3.63) is 29.8 Å². The van der Waals surface area contributed by atoms with Crippen LogP contribution in [-0.2, 0) is 0 Å². The Balaban J connectivity index is 2.55. The van der Waals surface area contributed by atoms with E-state index in [1.165, 1.54) is 17.7 Å². The monoisotopic (exact) mass is 263 g/mol. The van der Waals surface area contributed by atoms with Crippen LogP contribution < -0.4 is 10.2 Å². The molecule has 0 fully saturated rings. The third-order valence-electron chi connectivity index (χ3n) is 3.59. The minimum Gasteiger partial charge on any atom is -0.375 e. The van der Waals surface area contributed by atoms with Crippen LogP contribution in [0.1, 0.15) is 31.4 Å². The van der Waals surface area contributed by atoms with Crippen LogP contribution in [-0.4, -0.2) is 46.2 Å². The van der Waals surface area contributed by atoms with Crippen molar-refractivity contribution in [2.75, 3.05) is 46.2 Å². The van der Waals surface area contributed by atoms with Crippen molar-refractivity contribution < 1.29 is 0 Å². The van der Waals surface area contributed by atoms with Gasteiger partial charge < -0.3 is 15.1 Å². The van der Waals surface area contributed by atoms with Gasteiger partial charge in [-0.05, 0) is 58.2 Å². The largest absolute Gasteiger partial charge is 0.375 e. The molecule has 0 amide bonds. The first kappa shape index (κ1) is 16.0. The third-order valence-corrected chi connectivity index (χ3v) is 3.59. The fraction of sp³-hybridized carbons (Fsp3) is 0.625. The van der Waals surface area contributed by atoms with Gasteiger partial charge in [-0.3, -0.25) is 0 Å². The van der Waals surface area contributed by atoms with Crippen LogP contribution in [0.25, 0.3) is 0 Å². The Hall–Kier alpha value is -1.06. The average molecular weight is 263 g/mol. The molecule has 1 aromatic rings. The van der Waals surface area contributed by atoms with Crippen molar-refractivity contribution >= 4 is 5.69 Å². The van der Waals surface area contributed by atoms with Crippen LogP contribution >= 0.6 is 0 Å². The van der Waals surface area contributed by atoms with Gasteiger partial charge in [-0.1, -0.05) is 19.1 Å². The fourth-order valence-corrected chi connectivity index (χ4v) is 2.32. The molecule has 0 aliphatic rings. The van der Waals surface area contributed by atoms with Crippen molar-refractivity contribution in [3.63, 3.8) is 0 Å². The molecule has 1 atom stereocenters. The van der Waals surface area contributed by atoms with Gasteiger partial charge in [0.2, 0.25) is 0 Å². The Kier molecular flexibility index (Phi) is 6.89. The van der Waals surface area contributed by atoms with Crippen molar-refractivity contribution in [1.82, 2.24) is 10.2 Å². The molecule has 0 saturated carbocycles. The molecule has 0 aliphatic heterocycles. The summed E-state index contributed by atoms with van der Waals surface area (Å²) in [5.74, 6) is 0. The first-order chi connectivity index (χ1) is 9.08. The summed E-state index contributed by atoms with van der Waals surface area (Å²) >= 11 is 0. The van der Waals surface area contributed by atoms with E-state index in [9.17, 15) is 0 Å². The molecule has 3 heteroatoms. The summed E-state index contributed by atoms with van der Waals surface area (Å²) in [6.45, 7) is 4.45. The van der Waals surface area contributed by atoms with Gasteiger partial charge in [-0.25, -0.2) is 0 Å². The topological polar surface area (TPSA) is 18.5 Å². The molecule has 0 bridgehead atoms. The summed E-state index contributed by atoms with van der Waals surface area (Å²) in [6, 6.07) is 9.40. The Bertz CT molecular complexity index is 342. The van der Waals surface area contributed by atoms with Gasteiger partial charge in [-0.2, -0.15) is 0 Å². The van der Waals surface area contributed by atoms with E-state index >= 15 is 0 Å². The summed E-state index contributed by atoms with van der Waals surface area (Å²) in [4.78, 5) is 4.56. The maximum absolute atomic E-state index is 3.34. The molecule has 19 heavy (non-hydrogen) atoms. The molecular weight excluding hydrogens is 234 g/mol. The lowest BCUT2D eigenvalue weighted by Crippen LogP contribution is -2.23. The SMILES string of the molecule is CCC(NC)c1ccc(N(C)CCCN(C)C)cc1. The number of hydrogen-bond donors (Lipinski definition) is 1. The fourth-order valence-electron chi connectivity index (χ4n) is 2.32. The third kappa shape index (κ3) is 5.21. The van der Waals surface area contributed by atoms with Gasteiger partial charge in [0.15, 0.2) is 0 Å². The van der Waals surface area contributed by atoms with Crippen LogP contribution in [0.15, 0.2) is 24.3 Å². The summed E-state index contributed by atoms with van der Waals surface area (Å²) in [7, 11) is 8.43.